The van der Waals surface area contributed by atoms with Crippen LogP contribution in [0.3, 0.4) is 0 Å². The summed E-state index contributed by atoms with van der Waals surface area (Å²) in [5.74, 6) is 1.20. The van der Waals surface area contributed by atoms with E-state index < -0.39 is 0 Å². The van der Waals surface area contributed by atoms with Gasteiger partial charge in [0.25, 0.3) is 0 Å². The van der Waals surface area contributed by atoms with E-state index in [1.54, 1.807) is 7.11 Å². The van der Waals surface area contributed by atoms with Crippen LogP contribution in [0.1, 0.15) is 12.5 Å². The van der Waals surface area contributed by atoms with E-state index in [-0.39, 0.29) is 11.7 Å². The Kier molecular flexibility index (Phi) is 5.83. The highest BCUT2D eigenvalue weighted by Crippen LogP contribution is 2.43. The molecule has 2 N–H and O–H groups in total. The number of anilines is 1. The van der Waals surface area contributed by atoms with Crippen LogP contribution >= 0.6 is 11.3 Å². The van der Waals surface area contributed by atoms with Crippen molar-refractivity contribution in [2.24, 2.45) is 0 Å². The number of methoxy groups -OCH3 is 1. The lowest BCUT2D eigenvalue weighted by atomic mass is 9.96. The molecule has 0 bridgehead atoms. The van der Waals surface area contributed by atoms with Gasteiger partial charge >= 0.3 is 0 Å². The van der Waals surface area contributed by atoms with Crippen LogP contribution in [-0.4, -0.2) is 23.7 Å². The maximum absolute atomic E-state index is 9.98. The van der Waals surface area contributed by atoms with Gasteiger partial charge in [-0.15, -0.1) is 11.3 Å². The summed E-state index contributed by atoms with van der Waals surface area (Å²) in [4.78, 5) is 9.19. The molecule has 6 nitrogen and oxygen atoms in total. The number of hydrogen-bond donors (Lipinski definition) is 1. The summed E-state index contributed by atoms with van der Waals surface area (Å²) in [6, 6.07) is 19.6. The summed E-state index contributed by atoms with van der Waals surface area (Å²) in [5, 5.41) is 12.6. The number of ether oxygens (including phenoxy) is 2. The molecule has 0 atom stereocenters. The third kappa shape index (κ3) is 3.93. The minimum Gasteiger partial charge on any atom is -0.497 e. The van der Waals surface area contributed by atoms with E-state index in [4.69, 9.17) is 20.2 Å². The van der Waals surface area contributed by atoms with Crippen molar-refractivity contribution in [3.63, 3.8) is 0 Å². The lowest BCUT2D eigenvalue weighted by Gasteiger charge is -2.16. The van der Waals surface area contributed by atoms with Crippen LogP contribution in [-0.2, 0) is 0 Å². The Hall–Kier alpha value is -3.89. The molecule has 2 heterocycles. The van der Waals surface area contributed by atoms with Crippen LogP contribution in [0.15, 0.2) is 60.0 Å². The number of pyridine rings is 1. The lowest BCUT2D eigenvalue weighted by Crippen LogP contribution is -2.05. The zero-order valence-electron chi connectivity index (χ0n) is 17.1. The molecule has 2 aromatic carbocycles. The van der Waals surface area contributed by atoms with Crippen molar-refractivity contribution in [2.75, 3.05) is 19.5 Å². The summed E-state index contributed by atoms with van der Waals surface area (Å²) in [6.45, 7) is 2.21. The predicted molar refractivity (Wildman–Crippen MR) is 123 cm³/mol. The van der Waals surface area contributed by atoms with E-state index in [9.17, 15) is 5.26 Å². The molecule has 0 saturated carbocycles. The van der Waals surface area contributed by atoms with Crippen molar-refractivity contribution in [1.29, 1.82) is 5.26 Å². The van der Waals surface area contributed by atoms with Crippen molar-refractivity contribution in [3.8, 4) is 50.7 Å². The van der Waals surface area contributed by atoms with Gasteiger partial charge < -0.3 is 15.2 Å². The molecule has 0 fully saturated rings. The standard InChI is InChI=1S/C24H20N4O2S/c1-3-30-23-18(13-25)20(16-9-11-17(29-2)12-10-16)21(22(26)28-23)24-27-19(14-31-24)15-7-5-4-6-8-15/h4-12,14H,3H2,1-2H3,(H2,26,28). The first-order valence-electron chi connectivity index (χ1n) is 9.68. The van der Waals surface area contributed by atoms with E-state index in [1.807, 2.05) is 66.9 Å². The Labute approximate surface area is 184 Å². The largest absolute Gasteiger partial charge is 0.497 e. The molecule has 4 rings (SSSR count). The Balaban J connectivity index is 1.95. The van der Waals surface area contributed by atoms with Crippen LogP contribution in [0.4, 0.5) is 5.82 Å². The average molecular weight is 429 g/mol. The van der Waals surface area contributed by atoms with E-state index in [2.05, 4.69) is 11.1 Å². The second kappa shape index (κ2) is 8.86. The molecule has 0 aliphatic rings. The molecule has 154 valence electrons. The summed E-state index contributed by atoms with van der Waals surface area (Å²) < 4.78 is 10.9. The lowest BCUT2D eigenvalue weighted by molar-refractivity contribution is 0.326. The first-order valence-corrected chi connectivity index (χ1v) is 10.6. The molecule has 0 aliphatic heterocycles. The zero-order valence-corrected chi connectivity index (χ0v) is 17.9. The van der Waals surface area contributed by atoms with Gasteiger partial charge in [-0.2, -0.15) is 10.2 Å². The number of nitriles is 1. The number of hydrogen-bond acceptors (Lipinski definition) is 7. The predicted octanol–water partition coefficient (Wildman–Crippen LogP) is 5.40. The number of nitrogen functional groups attached to an aromatic ring is 1. The summed E-state index contributed by atoms with van der Waals surface area (Å²) in [6.07, 6.45) is 0. The molecule has 2 aromatic heterocycles. The van der Waals surface area contributed by atoms with Gasteiger partial charge in [0.15, 0.2) is 0 Å². The van der Waals surface area contributed by atoms with Crippen LogP contribution < -0.4 is 15.2 Å². The van der Waals surface area contributed by atoms with E-state index >= 15 is 0 Å². The van der Waals surface area contributed by atoms with E-state index in [0.717, 1.165) is 22.6 Å². The Morgan fingerprint density at radius 1 is 1.00 bits per heavy atom. The number of aromatic nitrogens is 2. The second-order valence-corrected chi connectivity index (χ2v) is 7.46. The third-order valence-corrected chi connectivity index (χ3v) is 5.61. The molecule has 0 unspecified atom stereocenters. The van der Waals surface area contributed by atoms with Crippen LogP contribution in [0.2, 0.25) is 0 Å². The molecule has 0 aliphatic carbocycles. The molecular formula is C24H20N4O2S. The SMILES string of the molecule is CCOc1nc(N)c(-c2nc(-c3ccccc3)cs2)c(-c2ccc(OC)cc2)c1C#N. The Morgan fingerprint density at radius 3 is 2.39 bits per heavy atom. The Bertz CT molecular complexity index is 1250. The summed E-state index contributed by atoms with van der Waals surface area (Å²) in [7, 11) is 1.61. The fraction of sp³-hybridized carbons (Fsp3) is 0.125. The number of thiazole rings is 1. The topological polar surface area (TPSA) is 94.1 Å². The minimum atomic E-state index is 0.219. The highest BCUT2D eigenvalue weighted by atomic mass is 32.1. The average Bonchev–Trinajstić information content (AvgIpc) is 3.29. The number of benzene rings is 2. The second-order valence-electron chi connectivity index (χ2n) is 6.60. The summed E-state index contributed by atoms with van der Waals surface area (Å²) in [5.41, 5.74) is 10.6. The van der Waals surface area contributed by atoms with Crippen molar-refractivity contribution in [1.82, 2.24) is 9.97 Å². The van der Waals surface area contributed by atoms with Gasteiger partial charge in [-0.05, 0) is 24.6 Å². The van der Waals surface area contributed by atoms with Crippen LogP contribution in [0.5, 0.6) is 11.6 Å². The van der Waals surface area contributed by atoms with E-state index in [1.165, 1.54) is 11.3 Å². The van der Waals surface area contributed by atoms with Gasteiger partial charge in [0.05, 0.1) is 25.0 Å². The van der Waals surface area contributed by atoms with Crippen molar-refractivity contribution >= 4 is 17.2 Å². The van der Waals surface area contributed by atoms with Gasteiger partial charge in [0, 0.05) is 16.5 Å². The number of rotatable bonds is 6. The first kappa shape index (κ1) is 20.4. The van der Waals surface area contributed by atoms with Crippen molar-refractivity contribution in [2.45, 2.75) is 6.92 Å². The maximum atomic E-state index is 9.98. The minimum absolute atomic E-state index is 0.219. The van der Waals surface area contributed by atoms with Crippen LogP contribution in [0.25, 0.3) is 33.0 Å². The van der Waals surface area contributed by atoms with Gasteiger partial charge in [0.1, 0.15) is 28.2 Å². The molecule has 4 aromatic rings. The quantitative estimate of drug-likeness (QED) is 0.442. The van der Waals surface area contributed by atoms with Gasteiger partial charge in [0.2, 0.25) is 5.88 Å². The normalized spacial score (nSPS) is 10.5. The monoisotopic (exact) mass is 428 g/mol. The Morgan fingerprint density at radius 2 is 1.74 bits per heavy atom. The zero-order chi connectivity index (χ0) is 21.8. The van der Waals surface area contributed by atoms with Gasteiger partial charge in [-0.1, -0.05) is 42.5 Å². The van der Waals surface area contributed by atoms with Crippen molar-refractivity contribution < 1.29 is 9.47 Å². The molecule has 0 amide bonds. The molecule has 7 heteroatoms. The van der Waals surface area contributed by atoms with Gasteiger partial charge in [-0.25, -0.2) is 4.98 Å². The van der Waals surface area contributed by atoms with Crippen LogP contribution in [0, 0.1) is 11.3 Å². The third-order valence-electron chi connectivity index (χ3n) is 4.75. The molecule has 0 spiro atoms. The van der Waals surface area contributed by atoms with E-state index in [0.29, 0.717) is 28.3 Å². The van der Waals surface area contributed by atoms with Crippen molar-refractivity contribution in [3.05, 3.63) is 65.5 Å². The molecule has 31 heavy (non-hydrogen) atoms. The molecule has 0 saturated heterocycles. The maximum Gasteiger partial charge on any atom is 0.234 e. The highest BCUT2D eigenvalue weighted by molar-refractivity contribution is 7.13. The number of nitrogens with two attached hydrogens (primary N) is 1. The first-order chi connectivity index (χ1) is 15.2. The number of nitrogens with zero attached hydrogens (tertiary/aromatic N) is 3. The molecule has 0 radical (unpaired) electrons. The summed E-state index contributed by atoms with van der Waals surface area (Å²) >= 11 is 1.46. The highest BCUT2D eigenvalue weighted by Gasteiger charge is 2.24. The fourth-order valence-corrected chi connectivity index (χ4v) is 4.21. The van der Waals surface area contributed by atoms with Gasteiger partial charge in [-0.3, -0.25) is 0 Å². The fourth-order valence-electron chi connectivity index (χ4n) is 3.32. The smallest absolute Gasteiger partial charge is 0.234 e. The molecular weight excluding hydrogens is 408 g/mol.